The number of carbonyl (C=O) groups excluding carboxylic acids is 1. The summed E-state index contributed by atoms with van der Waals surface area (Å²) in [6, 6.07) is 0. The zero-order chi connectivity index (χ0) is 13.1. The highest BCUT2D eigenvalue weighted by Gasteiger charge is 2.40. The van der Waals surface area contributed by atoms with Crippen LogP contribution >= 0.6 is 11.3 Å². The van der Waals surface area contributed by atoms with Crippen molar-refractivity contribution in [3.8, 4) is 0 Å². The monoisotopic (exact) mass is 281 g/mol. The van der Waals surface area contributed by atoms with E-state index in [1.165, 1.54) is 0 Å². The topological polar surface area (TPSA) is 63.2 Å². The molecule has 104 valence electrons. The number of morpholine rings is 1. The van der Waals surface area contributed by atoms with Gasteiger partial charge in [0.1, 0.15) is 11.1 Å². The second-order valence-electron chi connectivity index (χ2n) is 5.18. The zero-order valence-corrected chi connectivity index (χ0v) is 11.7. The van der Waals surface area contributed by atoms with Crippen LogP contribution < -0.4 is 10.6 Å². The smallest absolute Gasteiger partial charge is 0.251 e. The molecular weight excluding hydrogens is 262 g/mol. The second kappa shape index (κ2) is 5.56. The first-order valence-electron chi connectivity index (χ1n) is 6.84. The number of thiazole rings is 1. The van der Waals surface area contributed by atoms with Crippen molar-refractivity contribution in [3.63, 3.8) is 0 Å². The summed E-state index contributed by atoms with van der Waals surface area (Å²) >= 11 is 1.63. The maximum Gasteiger partial charge on any atom is 0.251 e. The van der Waals surface area contributed by atoms with Crippen molar-refractivity contribution in [2.75, 3.05) is 19.7 Å². The molecule has 1 aliphatic heterocycles. The van der Waals surface area contributed by atoms with Gasteiger partial charge in [-0.05, 0) is 12.8 Å². The van der Waals surface area contributed by atoms with Gasteiger partial charge in [-0.25, -0.2) is 4.98 Å². The molecule has 1 saturated heterocycles. The maximum absolute atomic E-state index is 12.4. The molecule has 1 aromatic heterocycles. The molecule has 1 atom stereocenters. The first-order chi connectivity index (χ1) is 9.30. The summed E-state index contributed by atoms with van der Waals surface area (Å²) in [6.45, 7) is 2.02. The van der Waals surface area contributed by atoms with Gasteiger partial charge in [-0.1, -0.05) is 12.8 Å². The summed E-state index contributed by atoms with van der Waals surface area (Å²) < 4.78 is 5.52. The van der Waals surface area contributed by atoms with Crippen LogP contribution in [0.2, 0.25) is 0 Å². The van der Waals surface area contributed by atoms with E-state index < -0.39 is 0 Å². The molecule has 2 heterocycles. The van der Waals surface area contributed by atoms with Gasteiger partial charge in [0.05, 0.1) is 12.1 Å². The van der Waals surface area contributed by atoms with Crippen LogP contribution in [0.5, 0.6) is 0 Å². The molecule has 1 unspecified atom stereocenters. The Bertz CT molecular complexity index is 423. The Balaban J connectivity index is 1.73. The van der Waals surface area contributed by atoms with Gasteiger partial charge in [0, 0.05) is 24.7 Å². The van der Waals surface area contributed by atoms with Crippen molar-refractivity contribution in [3.05, 3.63) is 16.6 Å². The number of hydrogen-bond donors (Lipinski definition) is 2. The van der Waals surface area contributed by atoms with E-state index in [0.29, 0.717) is 13.2 Å². The van der Waals surface area contributed by atoms with Crippen molar-refractivity contribution >= 4 is 17.2 Å². The third-order valence-electron chi connectivity index (χ3n) is 3.88. The number of nitrogens with one attached hydrogen (secondary N) is 2. The van der Waals surface area contributed by atoms with Crippen molar-refractivity contribution in [2.24, 2.45) is 0 Å². The van der Waals surface area contributed by atoms with Crippen molar-refractivity contribution in [1.82, 2.24) is 15.6 Å². The SMILES string of the molecule is O=C(NC1(c2nccs2)CCCC1)C1CNCCO1. The molecule has 2 fully saturated rings. The Morgan fingerprint density at radius 2 is 2.37 bits per heavy atom. The predicted molar refractivity (Wildman–Crippen MR) is 73.0 cm³/mol. The lowest BCUT2D eigenvalue weighted by Crippen LogP contribution is -2.53. The molecule has 2 N–H and O–H groups in total. The first-order valence-corrected chi connectivity index (χ1v) is 7.72. The van der Waals surface area contributed by atoms with E-state index in [1.54, 1.807) is 11.3 Å². The van der Waals surface area contributed by atoms with Crippen molar-refractivity contribution < 1.29 is 9.53 Å². The Morgan fingerprint density at radius 3 is 3.00 bits per heavy atom. The standard InChI is InChI=1S/C13H19N3O2S/c17-11(10-9-14-5-7-18-10)16-13(3-1-2-4-13)12-15-6-8-19-12/h6,8,10,14H,1-5,7,9H2,(H,16,17). The van der Waals surface area contributed by atoms with Gasteiger partial charge in [0.15, 0.2) is 0 Å². The number of nitrogens with zero attached hydrogens (tertiary/aromatic N) is 1. The summed E-state index contributed by atoms with van der Waals surface area (Å²) in [6.07, 6.45) is 5.68. The normalized spacial score (nSPS) is 26.2. The van der Waals surface area contributed by atoms with Gasteiger partial charge in [0.25, 0.3) is 5.91 Å². The molecule has 19 heavy (non-hydrogen) atoms. The van der Waals surface area contributed by atoms with E-state index in [2.05, 4.69) is 15.6 Å². The molecule has 0 bridgehead atoms. The summed E-state index contributed by atoms with van der Waals surface area (Å²) in [7, 11) is 0. The average Bonchev–Trinajstić information content (AvgIpc) is 3.11. The minimum absolute atomic E-state index is 0.00991. The molecule has 6 heteroatoms. The van der Waals surface area contributed by atoms with Crippen LogP contribution in [0.3, 0.4) is 0 Å². The van der Waals surface area contributed by atoms with E-state index in [0.717, 1.165) is 37.2 Å². The lowest BCUT2D eigenvalue weighted by atomic mass is 9.98. The van der Waals surface area contributed by atoms with Crippen LogP contribution in [0.4, 0.5) is 0 Å². The second-order valence-corrected chi connectivity index (χ2v) is 6.07. The number of aromatic nitrogens is 1. The van der Waals surface area contributed by atoms with Crippen LogP contribution in [-0.4, -0.2) is 36.7 Å². The summed E-state index contributed by atoms with van der Waals surface area (Å²) in [5, 5.41) is 9.40. The molecule has 0 aromatic carbocycles. The fraction of sp³-hybridized carbons (Fsp3) is 0.692. The minimum Gasteiger partial charge on any atom is -0.366 e. The summed E-state index contributed by atoms with van der Waals surface area (Å²) in [5.74, 6) is -0.00991. The van der Waals surface area contributed by atoms with Crippen molar-refractivity contribution in [2.45, 2.75) is 37.3 Å². The predicted octanol–water partition coefficient (Wildman–Crippen LogP) is 1.02. The molecular formula is C13H19N3O2S. The van der Waals surface area contributed by atoms with Crippen LogP contribution in [-0.2, 0) is 15.1 Å². The third-order valence-corrected chi connectivity index (χ3v) is 4.86. The average molecular weight is 281 g/mol. The van der Waals surface area contributed by atoms with Gasteiger partial charge in [-0.2, -0.15) is 0 Å². The van der Waals surface area contributed by atoms with Gasteiger partial charge >= 0.3 is 0 Å². The molecule has 0 spiro atoms. The number of hydrogen-bond acceptors (Lipinski definition) is 5. The first kappa shape index (κ1) is 13.0. The molecule has 1 aliphatic carbocycles. The molecule has 1 aromatic rings. The third kappa shape index (κ3) is 2.66. The van der Waals surface area contributed by atoms with E-state index >= 15 is 0 Å². The maximum atomic E-state index is 12.4. The molecule has 1 amide bonds. The number of rotatable bonds is 3. The van der Waals surface area contributed by atoms with E-state index in [4.69, 9.17) is 4.74 Å². The number of ether oxygens (including phenoxy) is 1. The molecule has 5 nitrogen and oxygen atoms in total. The summed E-state index contributed by atoms with van der Waals surface area (Å²) in [5.41, 5.74) is -0.258. The fourth-order valence-corrected chi connectivity index (χ4v) is 3.73. The highest BCUT2D eigenvalue weighted by atomic mass is 32.1. The molecule has 2 aliphatic rings. The molecule has 3 rings (SSSR count). The van der Waals surface area contributed by atoms with Crippen LogP contribution in [0.25, 0.3) is 0 Å². The van der Waals surface area contributed by atoms with Crippen LogP contribution in [0.1, 0.15) is 30.7 Å². The Morgan fingerprint density at radius 1 is 1.53 bits per heavy atom. The number of carbonyl (C=O) groups is 1. The molecule has 0 radical (unpaired) electrons. The molecule has 1 saturated carbocycles. The highest BCUT2D eigenvalue weighted by Crippen LogP contribution is 2.39. The van der Waals surface area contributed by atoms with Gasteiger partial charge < -0.3 is 15.4 Å². The summed E-state index contributed by atoms with van der Waals surface area (Å²) in [4.78, 5) is 16.8. The lowest BCUT2D eigenvalue weighted by molar-refractivity contribution is -0.136. The quantitative estimate of drug-likeness (QED) is 0.868. The largest absolute Gasteiger partial charge is 0.366 e. The Hall–Kier alpha value is -0.980. The van der Waals surface area contributed by atoms with Crippen molar-refractivity contribution in [1.29, 1.82) is 0 Å². The lowest BCUT2D eigenvalue weighted by Gasteiger charge is -2.31. The van der Waals surface area contributed by atoms with Gasteiger partial charge in [-0.15, -0.1) is 11.3 Å². The highest BCUT2D eigenvalue weighted by molar-refractivity contribution is 7.09. The van der Waals surface area contributed by atoms with Gasteiger partial charge in [-0.3, -0.25) is 4.79 Å². The zero-order valence-electron chi connectivity index (χ0n) is 10.9. The van der Waals surface area contributed by atoms with Gasteiger partial charge in [0.2, 0.25) is 0 Å². The van der Waals surface area contributed by atoms with E-state index in [-0.39, 0.29) is 17.6 Å². The number of amides is 1. The fourth-order valence-electron chi connectivity index (χ4n) is 2.88. The van der Waals surface area contributed by atoms with E-state index in [1.807, 2.05) is 11.6 Å². The Kier molecular flexibility index (Phi) is 3.81. The van der Waals surface area contributed by atoms with Crippen LogP contribution in [0.15, 0.2) is 11.6 Å². The minimum atomic E-state index is -0.369. The Labute approximate surface area is 116 Å². The van der Waals surface area contributed by atoms with E-state index in [9.17, 15) is 4.79 Å². The van der Waals surface area contributed by atoms with Crippen LogP contribution in [0, 0.1) is 0 Å².